The van der Waals surface area contributed by atoms with E-state index in [-0.39, 0.29) is 18.1 Å². The molecule has 0 spiro atoms. The van der Waals surface area contributed by atoms with Gasteiger partial charge >= 0.3 is 6.18 Å². The molecule has 1 fully saturated rings. The first-order valence-electron chi connectivity index (χ1n) is 8.34. The Hall–Kier alpha value is -1.73. The molecule has 2 aromatic heterocycles. The highest BCUT2D eigenvalue weighted by Gasteiger charge is 2.38. The number of piperidine rings is 1. The molecule has 1 saturated heterocycles. The van der Waals surface area contributed by atoms with Crippen LogP contribution in [0.25, 0.3) is 11.0 Å². The average molecular weight is 440 g/mol. The standard InChI is InChI=1S/C15H19F3N4O4S2/c1-27(23,24)14-12-11(15(16,17)18)8-21(13(12)19-9-20-14)7-10-3-5-22(6-4-10)28(2,25)26/h8-10H,3-7H2,1-2H3. The highest BCUT2D eigenvalue weighted by Crippen LogP contribution is 2.38. The molecule has 0 aliphatic carbocycles. The van der Waals surface area contributed by atoms with Gasteiger partial charge in [0.2, 0.25) is 10.0 Å². The lowest BCUT2D eigenvalue weighted by atomic mass is 9.98. The van der Waals surface area contributed by atoms with Crippen molar-refractivity contribution < 1.29 is 30.0 Å². The largest absolute Gasteiger partial charge is 0.418 e. The van der Waals surface area contributed by atoms with Crippen LogP contribution in [-0.2, 0) is 32.6 Å². The van der Waals surface area contributed by atoms with Crippen molar-refractivity contribution >= 4 is 30.9 Å². The van der Waals surface area contributed by atoms with Gasteiger partial charge < -0.3 is 4.57 Å². The van der Waals surface area contributed by atoms with Crippen LogP contribution in [-0.4, -0.2) is 61.3 Å². The molecule has 28 heavy (non-hydrogen) atoms. The summed E-state index contributed by atoms with van der Waals surface area (Å²) in [5.41, 5.74) is -1.20. The fourth-order valence-electron chi connectivity index (χ4n) is 3.43. The first-order valence-corrected chi connectivity index (χ1v) is 12.1. The van der Waals surface area contributed by atoms with E-state index in [0.29, 0.717) is 25.9 Å². The van der Waals surface area contributed by atoms with Crippen LogP contribution in [0.4, 0.5) is 13.2 Å². The summed E-state index contributed by atoms with van der Waals surface area (Å²) < 4.78 is 90.2. The van der Waals surface area contributed by atoms with Gasteiger partial charge in [-0.15, -0.1) is 0 Å². The highest BCUT2D eigenvalue weighted by atomic mass is 32.2. The van der Waals surface area contributed by atoms with Crippen LogP contribution in [0.15, 0.2) is 17.6 Å². The van der Waals surface area contributed by atoms with Crippen molar-refractivity contribution in [2.75, 3.05) is 25.6 Å². The second-order valence-corrected chi connectivity index (χ2v) is 10.9. The maximum absolute atomic E-state index is 13.5. The molecule has 1 aliphatic rings. The molecule has 3 heterocycles. The van der Waals surface area contributed by atoms with Crippen molar-refractivity contribution in [2.45, 2.75) is 30.6 Å². The van der Waals surface area contributed by atoms with E-state index in [2.05, 4.69) is 9.97 Å². The molecule has 0 unspecified atom stereocenters. The lowest BCUT2D eigenvalue weighted by Gasteiger charge is -2.30. The zero-order valence-electron chi connectivity index (χ0n) is 15.1. The summed E-state index contributed by atoms with van der Waals surface area (Å²) in [6.45, 7) is 0.751. The normalized spacial score (nSPS) is 18.0. The predicted molar refractivity (Wildman–Crippen MR) is 94.8 cm³/mol. The first kappa shape index (κ1) is 21.0. The number of fused-ring (bicyclic) bond motifs is 1. The average Bonchev–Trinajstić information content (AvgIpc) is 2.92. The minimum atomic E-state index is -4.77. The molecule has 0 N–H and O–H groups in total. The molecule has 2 aromatic rings. The fourth-order valence-corrected chi connectivity index (χ4v) is 5.12. The third-order valence-electron chi connectivity index (χ3n) is 4.77. The molecule has 1 aliphatic heterocycles. The molecule has 13 heteroatoms. The number of halogens is 3. The number of hydrogen-bond acceptors (Lipinski definition) is 6. The smallest absolute Gasteiger partial charge is 0.331 e. The van der Waals surface area contributed by atoms with Crippen molar-refractivity contribution in [3.63, 3.8) is 0 Å². The van der Waals surface area contributed by atoms with Gasteiger partial charge in [0.15, 0.2) is 14.9 Å². The molecular weight excluding hydrogens is 421 g/mol. The van der Waals surface area contributed by atoms with E-state index in [1.807, 2.05) is 0 Å². The van der Waals surface area contributed by atoms with Crippen molar-refractivity contribution in [1.29, 1.82) is 0 Å². The number of alkyl halides is 3. The Morgan fingerprint density at radius 3 is 2.21 bits per heavy atom. The molecule has 0 bridgehead atoms. The van der Waals surface area contributed by atoms with Crippen LogP contribution in [0.2, 0.25) is 0 Å². The Morgan fingerprint density at radius 1 is 1.11 bits per heavy atom. The van der Waals surface area contributed by atoms with E-state index in [1.54, 1.807) is 0 Å². The van der Waals surface area contributed by atoms with E-state index in [9.17, 15) is 30.0 Å². The van der Waals surface area contributed by atoms with Gasteiger partial charge in [-0.05, 0) is 18.8 Å². The molecule has 3 rings (SSSR count). The number of aromatic nitrogens is 3. The van der Waals surface area contributed by atoms with Gasteiger partial charge in [-0.1, -0.05) is 0 Å². The number of hydrogen-bond donors (Lipinski definition) is 0. The molecular formula is C15H19F3N4O4S2. The van der Waals surface area contributed by atoms with Crippen molar-refractivity contribution in [2.24, 2.45) is 5.92 Å². The summed E-state index contributed by atoms with van der Waals surface area (Å²) in [6, 6.07) is 0. The second-order valence-electron chi connectivity index (χ2n) is 6.95. The summed E-state index contributed by atoms with van der Waals surface area (Å²) in [6.07, 6.45) is -0.0959. The Balaban J connectivity index is 2.00. The third kappa shape index (κ3) is 4.15. The van der Waals surface area contributed by atoms with Crippen LogP contribution < -0.4 is 0 Å². The molecule has 0 aromatic carbocycles. The lowest BCUT2D eigenvalue weighted by Crippen LogP contribution is -2.38. The minimum Gasteiger partial charge on any atom is -0.331 e. The Labute approximate surface area is 160 Å². The van der Waals surface area contributed by atoms with E-state index in [1.165, 1.54) is 8.87 Å². The van der Waals surface area contributed by atoms with Gasteiger partial charge in [0.1, 0.15) is 12.0 Å². The molecule has 8 nitrogen and oxygen atoms in total. The maximum Gasteiger partial charge on any atom is 0.418 e. The summed E-state index contributed by atoms with van der Waals surface area (Å²) >= 11 is 0. The van der Waals surface area contributed by atoms with E-state index in [4.69, 9.17) is 0 Å². The van der Waals surface area contributed by atoms with Crippen LogP contribution in [0, 0.1) is 5.92 Å². The topological polar surface area (TPSA) is 102 Å². The molecule has 0 saturated carbocycles. The zero-order valence-corrected chi connectivity index (χ0v) is 16.8. The molecule has 0 radical (unpaired) electrons. The van der Waals surface area contributed by atoms with Crippen molar-refractivity contribution in [3.05, 3.63) is 18.1 Å². The molecule has 0 atom stereocenters. The number of rotatable bonds is 4. The number of sulfone groups is 1. The summed E-state index contributed by atoms with van der Waals surface area (Å²) in [5, 5.41) is -1.19. The van der Waals surface area contributed by atoms with E-state index < -0.39 is 42.0 Å². The summed E-state index contributed by atoms with van der Waals surface area (Å²) in [4.78, 5) is 7.45. The number of sulfonamides is 1. The van der Waals surface area contributed by atoms with Gasteiger partial charge in [0.25, 0.3) is 0 Å². The fraction of sp³-hybridized carbons (Fsp3) is 0.600. The van der Waals surface area contributed by atoms with Crippen LogP contribution >= 0.6 is 0 Å². The van der Waals surface area contributed by atoms with Gasteiger partial charge in [-0.2, -0.15) is 13.2 Å². The predicted octanol–water partition coefficient (Wildman–Crippen LogP) is 1.53. The Morgan fingerprint density at radius 2 is 1.71 bits per heavy atom. The second kappa shape index (κ2) is 6.95. The third-order valence-corrected chi connectivity index (χ3v) is 7.09. The first-order chi connectivity index (χ1) is 12.8. The highest BCUT2D eigenvalue weighted by molar-refractivity contribution is 7.90. The summed E-state index contributed by atoms with van der Waals surface area (Å²) in [7, 11) is -7.30. The van der Waals surface area contributed by atoms with Crippen LogP contribution in [0.1, 0.15) is 18.4 Å². The number of nitrogens with zero attached hydrogens (tertiary/aromatic N) is 4. The van der Waals surface area contributed by atoms with Crippen molar-refractivity contribution in [1.82, 2.24) is 18.8 Å². The lowest BCUT2D eigenvalue weighted by molar-refractivity contribution is -0.136. The van der Waals surface area contributed by atoms with Gasteiger partial charge in [-0.3, -0.25) is 0 Å². The van der Waals surface area contributed by atoms with Gasteiger partial charge in [0.05, 0.1) is 17.2 Å². The molecule has 0 amide bonds. The van der Waals surface area contributed by atoms with Crippen molar-refractivity contribution in [3.8, 4) is 0 Å². The monoisotopic (exact) mass is 440 g/mol. The SMILES string of the molecule is CS(=O)(=O)c1ncnc2c1c(C(F)(F)F)cn2CC1CCN(S(C)(=O)=O)CC1. The molecule has 156 valence electrons. The van der Waals surface area contributed by atoms with Gasteiger partial charge in [-0.25, -0.2) is 31.1 Å². The zero-order chi connectivity index (χ0) is 20.9. The maximum atomic E-state index is 13.5. The minimum absolute atomic E-state index is 0.0636. The van der Waals surface area contributed by atoms with E-state index >= 15 is 0 Å². The van der Waals surface area contributed by atoms with E-state index in [0.717, 1.165) is 25.0 Å². The summed E-state index contributed by atoms with van der Waals surface area (Å²) in [5.74, 6) is -0.0636. The van der Waals surface area contributed by atoms with Gasteiger partial charge in [0, 0.05) is 32.1 Å². The Bertz CT molecular complexity index is 1100. The van der Waals surface area contributed by atoms with Crippen LogP contribution in [0.3, 0.4) is 0 Å². The van der Waals surface area contributed by atoms with Crippen LogP contribution in [0.5, 0.6) is 0 Å². The quantitative estimate of drug-likeness (QED) is 0.668. The Kier molecular flexibility index (Phi) is 5.21.